The van der Waals surface area contributed by atoms with Crippen LogP contribution in [-0.2, 0) is 0 Å². The second kappa shape index (κ2) is 5.98. The maximum Gasteiger partial charge on any atom is 0.290 e. The molecule has 1 fully saturated rings. The maximum atomic E-state index is 11.2. The second-order valence-corrected chi connectivity index (χ2v) is 6.62. The number of halogens is 1. The molecule has 1 aromatic carbocycles. The Morgan fingerprint density at radius 3 is 2.48 bits per heavy atom. The Labute approximate surface area is 139 Å². The Bertz CT molecular complexity index is 750. The topological polar surface area (TPSA) is 67.4 Å². The predicted octanol–water partition coefficient (Wildman–Crippen LogP) is 2.93. The predicted molar refractivity (Wildman–Crippen MR) is 91.5 cm³/mol. The first-order valence-corrected chi connectivity index (χ1v) is 8.05. The second-order valence-electron chi connectivity index (χ2n) is 6.22. The van der Waals surface area contributed by atoms with Crippen LogP contribution in [0.3, 0.4) is 0 Å². The van der Waals surface area contributed by atoms with Crippen molar-refractivity contribution in [2.45, 2.75) is 19.9 Å². The zero-order valence-electron chi connectivity index (χ0n) is 13.5. The van der Waals surface area contributed by atoms with Gasteiger partial charge < -0.3 is 14.4 Å². The monoisotopic (exact) mass is 337 g/mol. The summed E-state index contributed by atoms with van der Waals surface area (Å²) in [6.45, 7) is 7.84. The Morgan fingerprint density at radius 2 is 1.91 bits per heavy atom. The van der Waals surface area contributed by atoms with Crippen LogP contribution in [0.2, 0.25) is 5.02 Å². The summed E-state index contributed by atoms with van der Waals surface area (Å²) in [5.41, 5.74) is 1.37. The van der Waals surface area contributed by atoms with Crippen molar-refractivity contribution in [3.05, 3.63) is 27.3 Å². The third-order valence-corrected chi connectivity index (χ3v) is 4.54. The van der Waals surface area contributed by atoms with Crippen molar-refractivity contribution in [2.24, 2.45) is 0 Å². The number of hydrogen-bond donors (Lipinski definition) is 0. The molecular weight excluding hydrogens is 318 g/mol. The third-order valence-electron chi connectivity index (χ3n) is 4.24. The van der Waals surface area contributed by atoms with E-state index in [0.717, 1.165) is 37.6 Å². The fraction of sp³-hybridized carbons (Fsp3) is 0.533. The number of aromatic nitrogens is 2. The molecular formula is C15H20ClN5O2. The lowest BCUT2D eigenvalue weighted by Crippen LogP contribution is -2.45. The van der Waals surface area contributed by atoms with Gasteiger partial charge in [-0.25, -0.2) is 4.98 Å². The van der Waals surface area contributed by atoms with Gasteiger partial charge in [-0.05, 0) is 27.0 Å². The summed E-state index contributed by atoms with van der Waals surface area (Å²) < 4.78 is 2.06. The third kappa shape index (κ3) is 2.86. The lowest BCUT2D eigenvalue weighted by Gasteiger charge is -2.34. The summed E-state index contributed by atoms with van der Waals surface area (Å²) in [4.78, 5) is 19.9. The fourth-order valence-electron chi connectivity index (χ4n) is 2.97. The highest BCUT2D eigenvalue weighted by Crippen LogP contribution is 2.34. The molecule has 0 radical (unpaired) electrons. The molecule has 7 nitrogen and oxygen atoms in total. The molecule has 0 unspecified atom stereocenters. The first-order valence-electron chi connectivity index (χ1n) is 7.68. The Hall–Kier alpha value is -1.86. The van der Waals surface area contributed by atoms with Crippen LogP contribution in [0.15, 0.2) is 12.1 Å². The van der Waals surface area contributed by atoms with E-state index in [1.807, 2.05) is 0 Å². The van der Waals surface area contributed by atoms with E-state index in [1.54, 1.807) is 6.07 Å². The minimum atomic E-state index is -0.449. The van der Waals surface area contributed by atoms with Crippen LogP contribution < -0.4 is 4.90 Å². The number of rotatable bonds is 3. The zero-order valence-corrected chi connectivity index (χ0v) is 14.2. The molecule has 2 aromatic rings. The van der Waals surface area contributed by atoms with Gasteiger partial charge in [0.2, 0.25) is 5.95 Å². The highest BCUT2D eigenvalue weighted by atomic mass is 35.5. The van der Waals surface area contributed by atoms with E-state index < -0.39 is 4.92 Å². The van der Waals surface area contributed by atoms with Crippen LogP contribution in [0.5, 0.6) is 0 Å². The lowest BCUT2D eigenvalue weighted by atomic mass is 10.2. The van der Waals surface area contributed by atoms with Gasteiger partial charge in [-0.15, -0.1) is 0 Å². The average Bonchev–Trinajstić information content (AvgIpc) is 2.85. The number of nitro groups is 1. The molecule has 124 valence electrons. The van der Waals surface area contributed by atoms with E-state index in [2.05, 4.69) is 35.3 Å². The van der Waals surface area contributed by atoms with Gasteiger partial charge in [0.1, 0.15) is 5.02 Å². The summed E-state index contributed by atoms with van der Waals surface area (Å²) in [5, 5.41) is 11.3. The van der Waals surface area contributed by atoms with E-state index in [0.29, 0.717) is 5.52 Å². The molecule has 0 amide bonds. The van der Waals surface area contributed by atoms with E-state index in [9.17, 15) is 10.1 Å². The van der Waals surface area contributed by atoms with Gasteiger partial charge in [0.15, 0.2) is 0 Å². The number of hydrogen-bond acceptors (Lipinski definition) is 5. The summed E-state index contributed by atoms with van der Waals surface area (Å²) in [6, 6.07) is 3.27. The lowest BCUT2D eigenvalue weighted by molar-refractivity contribution is -0.384. The Kier molecular flexibility index (Phi) is 4.16. The van der Waals surface area contributed by atoms with Crippen molar-refractivity contribution in [3.8, 4) is 0 Å². The molecule has 1 aliphatic rings. The van der Waals surface area contributed by atoms with Crippen LogP contribution in [0, 0.1) is 10.1 Å². The molecule has 1 aliphatic heterocycles. The molecule has 3 rings (SSSR count). The summed E-state index contributed by atoms with van der Waals surface area (Å²) >= 11 is 6.03. The Morgan fingerprint density at radius 1 is 1.26 bits per heavy atom. The van der Waals surface area contributed by atoms with E-state index in [-0.39, 0.29) is 16.8 Å². The van der Waals surface area contributed by atoms with Crippen LogP contribution in [0.4, 0.5) is 11.6 Å². The van der Waals surface area contributed by atoms with Crippen molar-refractivity contribution < 1.29 is 4.92 Å². The molecule has 0 N–H and O–H groups in total. The van der Waals surface area contributed by atoms with Gasteiger partial charge in [0.25, 0.3) is 5.69 Å². The fourth-order valence-corrected chi connectivity index (χ4v) is 3.20. The number of likely N-dealkylation sites (N-methyl/N-ethyl adjacent to an activating group) is 1. The quantitative estimate of drug-likeness (QED) is 0.636. The van der Waals surface area contributed by atoms with Gasteiger partial charge in [-0.3, -0.25) is 10.1 Å². The van der Waals surface area contributed by atoms with Crippen molar-refractivity contribution >= 4 is 34.3 Å². The number of imidazole rings is 1. The van der Waals surface area contributed by atoms with Gasteiger partial charge in [-0.1, -0.05) is 11.6 Å². The van der Waals surface area contributed by atoms with Crippen molar-refractivity contribution in [1.82, 2.24) is 14.5 Å². The SMILES string of the molecule is CC(C)n1c(N2CCN(C)CC2)nc2cc(Cl)c([N+](=O)[O-])cc21. The molecule has 23 heavy (non-hydrogen) atoms. The number of benzene rings is 1. The molecule has 0 atom stereocenters. The van der Waals surface area contributed by atoms with Crippen molar-refractivity contribution in [1.29, 1.82) is 0 Å². The van der Waals surface area contributed by atoms with Crippen LogP contribution in [-0.4, -0.2) is 52.6 Å². The number of nitro benzene ring substituents is 1. The van der Waals surface area contributed by atoms with E-state index >= 15 is 0 Å². The molecule has 2 heterocycles. The smallest absolute Gasteiger partial charge is 0.290 e. The normalized spacial score (nSPS) is 16.5. The van der Waals surface area contributed by atoms with Gasteiger partial charge >= 0.3 is 0 Å². The molecule has 0 aliphatic carbocycles. The van der Waals surface area contributed by atoms with Gasteiger partial charge in [0, 0.05) is 38.3 Å². The summed E-state index contributed by atoms with van der Waals surface area (Å²) in [6.07, 6.45) is 0. The first kappa shape index (κ1) is 16.0. The van der Waals surface area contributed by atoms with Crippen molar-refractivity contribution in [3.63, 3.8) is 0 Å². The van der Waals surface area contributed by atoms with E-state index in [1.165, 1.54) is 6.07 Å². The van der Waals surface area contributed by atoms with E-state index in [4.69, 9.17) is 16.6 Å². The minimum absolute atomic E-state index is 0.0779. The molecule has 8 heteroatoms. The van der Waals surface area contributed by atoms with Gasteiger partial charge in [0.05, 0.1) is 16.0 Å². The number of fused-ring (bicyclic) bond motifs is 1. The molecule has 0 spiro atoms. The molecule has 1 saturated heterocycles. The average molecular weight is 338 g/mol. The van der Waals surface area contributed by atoms with Gasteiger partial charge in [-0.2, -0.15) is 0 Å². The van der Waals surface area contributed by atoms with Crippen LogP contribution in [0.1, 0.15) is 19.9 Å². The highest BCUT2D eigenvalue weighted by Gasteiger charge is 2.24. The number of piperazine rings is 1. The van der Waals surface area contributed by atoms with Crippen LogP contribution >= 0.6 is 11.6 Å². The van der Waals surface area contributed by atoms with Crippen molar-refractivity contribution in [2.75, 3.05) is 38.1 Å². The van der Waals surface area contributed by atoms with Crippen LogP contribution in [0.25, 0.3) is 11.0 Å². The largest absolute Gasteiger partial charge is 0.340 e. The summed E-state index contributed by atoms with van der Waals surface area (Å²) in [7, 11) is 2.10. The molecule has 0 bridgehead atoms. The first-order chi connectivity index (χ1) is 10.9. The standard InChI is InChI=1S/C15H20ClN5O2/c1-10(2)20-14-9-13(21(22)23)11(16)8-12(14)17-15(20)19-6-4-18(3)5-7-19/h8-10H,4-7H2,1-3H3. The summed E-state index contributed by atoms with van der Waals surface area (Å²) in [5.74, 6) is 0.861. The minimum Gasteiger partial charge on any atom is -0.340 e. The zero-order chi connectivity index (χ0) is 16.7. The number of nitrogens with zero attached hydrogens (tertiary/aromatic N) is 5. The highest BCUT2D eigenvalue weighted by molar-refractivity contribution is 6.33. The Balaban J connectivity index is 2.14. The molecule has 1 aromatic heterocycles. The number of anilines is 1. The molecule has 0 saturated carbocycles. The maximum absolute atomic E-state index is 11.2.